The van der Waals surface area contributed by atoms with Crippen LogP contribution in [0.25, 0.3) is 16.8 Å². The van der Waals surface area contributed by atoms with Gasteiger partial charge in [0.2, 0.25) is 0 Å². The maximum absolute atomic E-state index is 14.0. The number of alkyl halides is 3. The Morgan fingerprint density at radius 3 is 2.56 bits per heavy atom. The number of halogens is 3. The smallest absolute Gasteiger partial charge is 0.320 e. The van der Waals surface area contributed by atoms with Crippen molar-refractivity contribution < 1.29 is 13.2 Å². The average molecular weight is 537 g/mol. The summed E-state index contributed by atoms with van der Waals surface area (Å²) in [5.74, 6) is 1.37. The van der Waals surface area contributed by atoms with Gasteiger partial charge in [0.15, 0.2) is 5.65 Å². The van der Waals surface area contributed by atoms with Gasteiger partial charge in [-0.3, -0.25) is 9.20 Å². The number of benzene rings is 1. The molecule has 10 heteroatoms. The predicted octanol–water partition coefficient (Wildman–Crippen LogP) is 5.26. The Morgan fingerprint density at radius 2 is 1.95 bits per heavy atom. The highest BCUT2D eigenvalue weighted by Gasteiger charge is 2.48. The summed E-state index contributed by atoms with van der Waals surface area (Å²) in [6.45, 7) is 4.49. The number of nitrogens with one attached hydrogen (secondary N) is 1. The van der Waals surface area contributed by atoms with Gasteiger partial charge in [0, 0.05) is 31.5 Å². The summed E-state index contributed by atoms with van der Waals surface area (Å²) in [6.07, 6.45) is 4.61. The van der Waals surface area contributed by atoms with E-state index in [1.807, 2.05) is 29.8 Å². The molecule has 4 aromatic rings. The van der Waals surface area contributed by atoms with Gasteiger partial charge in [0.25, 0.3) is 5.56 Å². The van der Waals surface area contributed by atoms with Gasteiger partial charge in [0.05, 0.1) is 16.5 Å². The van der Waals surface area contributed by atoms with Gasteiger partial charge in [-0.05, 0) is 73.8 Å². The monoisotopic (exact) mass is 536 g/mol. The van der Waals surface area contributed by atoms with Crippen LogP contribution in [0.3, 0.4) is 0 Å². The van der Waals surface area contributed by atoms with Gasteiger partial charge in [-0.1, -0.05) is 25.1 Å². The lowest BCUT2D eigenvalue weighted by Gasteiger charge is -2.46. The van der Waals surface area contributed by atoms with E-state index < -0.39 is 22.9 Å². The fourth-order valence-electron chi connectivity index (χ4n) is 6.32. The van der Waals surface area contributed by atoms with Crippen molar-refractivity contribution in [1.82, 2.24) is 29.5 Å². The van der Waals surface area contributed by atoms with E-state index >= 15 is 0 Å². The maximum Gasteiger partial charge on any atom is 0.419 e. The topological polar surface area (TPSA) is 77.1 Å². The highest BCUT2D eigenvalue weighted by atomic mass is 19.4. The number of hydrogen-bond donors (Lipinski definition) is 1. The fraction of sp³-hybridized carbons (Fsp3) is 0.448. The van der Waals surface area contributed by atoms with Gasteiger partial charge in [0.1, 0.15) is 12.2 Å². The van der Waals surface area contributed by atoms with E-state index in [1.54, 1.807) is 12.4 Å². The summed E-state index contributed by atoms with van der Waals surface area (Å²) < 4.78 is 45.1. The van der Waals surface area contributed by atoms with Crippen molar-refractivity contribution in [1.29, 1.82) is 0 Å². The molecule has 2 saturated carbocycles. The van der Waals surface area contributed by atoms with Crippen LogP contribution in [0.5, 0.6) is 0 Å². The van der Waals surface area contributed by atoms with Crippen LogP contribution in [0.4, 0.5) is 13.2 Å². The second-order valence-corrected chi connectivity index (χ2v) is 11.6. The van der Waals surface area contributed by atoms with Crippen LogP contribution in [0.2, 0.25) is 0 Å². The minimum Gasteiger partial charge on any atom is -0.320 e. The molecular formula is C29H31F3N6O. The number of fused-ring (bicyclic) bond motifs is 1. The molecule has 7 nitrogen and oxygen atoms in total. The normalized spacial score (nSPS) is 22.5. The lowest BCUT2D eigenvalue weighted by atomic mass is 9.58. The second kappa shape index (κ2) is 9.01. The third-order valence-corrected chi connectivity index (χ3v) is 8.60. The molecule has 39 heavy (non-hydrogen) atoms. The van der Waals surface area contributed by atoms with E-state index in [-0.39, 0.29) is 23.1 Å². The van der Waals surface area contributed by atoms with Crippen molar-refractivity contribution in [2.45, 2.75) is 69.6 Å². The van der Waals surface area contributed by atoms with Crippen LogP contribution >= 0.6 is 0 Å². The van der Waals surface area contributed by atoms with Crippen molar-refractivity contribution in [3.63, 3.8) is 0 Å². The van der Waals surface area contributed by atoms with Crippen molar-refractivity contribution in [3.05, 3.63) is 81.9 Å². The Hall–Kier alpha value is -3.53. The Morgan fingerprint density at radius 1 is 1.18 bits per heavy atom. The number of nitrogens with zero attached hydrogens (tertiary/aromatic N) is 5. The Kier molecular flexibility index (Phi) is 5.94. The molecule has 0 amide bonds. The van der Waals surface area contributed by atoms with Gasteiger partial charge in [-0.25, -0.2) is 4.98 Å². The van der Waals surface area contributed by atoms with Crippen LogP contribution in [-0.2, 0) is 25.2 Å². The van der Waals surface area contributed by atoms with E-state index in [0.29, 0.717) is 17.0 Å². The summed E-state index contributed by atoms with van der Waals surface area (Å²) in [4.78, 5) is 17.9. The third kappa shape index (κ3) is 4.34. The molecule has 204 valence electrons. The number of aromatic nitrogens is 5. The largest absolute Gasteiger partial charge is 0.419 e. The molecule has 0 radical (unpaired) electrons. The molecule has 3 heterocycles. The molecule has 1 N–H and O–H groups in total. The highest BCUT2D eigenvalue weighted by molar-refractivity contribution is 5.66. The molecule has 6 rings (SSSR count). The van der Waals surface area contributed by atoms with E-state index in [1.165, 1.54) is 12.4 Å². The molecule has 2 aliphatic carbocycles. The molecule has 0 atom stereocenters. The van der Waals surface area contributed by atoms with E-state index in [4.69, 9.17) is 0 Å². The molecular weight excluding hydrogens is 505 g/mol. The molecule has 1 aromatic carbocycles. The quantitative estimate of drug-likeness (QED) is 0.364. The molecule has 0 spiro atoms. The van der Waals surface area contributed by atoms with Crippen LogP contribution < -0.4 is 10.9 Å². The first-order valence-corrected chi connectivity index (χ1v) is 13.3. The average Bonchev–Trinajstić information content (AvgIpc) is 3.29. The predicted molar refractivity (Wildman–Crippen MR) is 141 cm³/mol. The first kappa shape index (κ1) is 25.7. The van der Waals surface area contributed by atoms with Crippen molar-refractivity contribution in [2.75, 3.05) is 0 Å². The molecule has 0 unspecified atom stereocenters. The fourth-order valence-corrected chi connectivity index (χ4v) is 6.32. The van der Waals surface area contributed by atoms with Crippen molar-refractivity contribution >= 4 is 5.65 Å². The minimum absolute atomic E-state index is 0.0868. The van der Waals surface area contributed by atoms with Gasteiger partial charge < -0.3 is 9.88 Å². The summed E-state index contributed by atoms with van der Waals surface area (Å²) in [5.41, 5.74) is -0.00839. The SMILES string of the molecule is Cn1cnnc1[C@]1(c2cccc(-c3cnc4c(C(F)(F)F)cc(CNC5(C)CCC5)cn4c3=O)c2)C[C@H](C)C1. The highest BCUT2D eigenvalue weighted by Crippen LogP contribution is 2.51. The van der Waals surface area contributed by atoms with Crippen molar-refractivity contribution in [2.24, 2.45) is 13.0 Å². The third-order valence-electron chi connectivity index (χ3n) is 8.60. The molecule has 0 bridgehead atoms. The molecule has 2 aliphatic rings. The van der Waals surface area contributed by atoms with Gasteiger partial charge >= 0.3 is 6.18 Å². The lowest BCUT2D eigenvalue weighted by Crippen LogP contribution is -2.47. The Bertz CT molecular complexity index is 1610. The summed E-state index contributed by atoms with van der Waals surface area (Å²) in [5, 5.41) is 11.8. The van der Waals surface area contributed by atoms with Crippen LogP contribution in [-0.4, -0.2) is 29.7 Å². The number of rotatable bonds is 6. The lowest BCUT2D eigenvalue weighted by molar-refractivity contribution is -0.136. The number of hydrogen-bond acceptors (Lipinski definition) is 5. The molecule has 3 aromatic heterocycles. The molecule has 2 fully saturated rings. The molecule has 0 saturated heterocycles. The van der Waals surface area contributed by atoms with Crippen LogP contribution in [0.1, 0.15) is 68.5 Å². The number of pyridine rings is 1. The number of aryl methyl sites for hydroxylation is 1. The zero-order chi connectivity index (χ0) is 27.6. The Balaban J connectivity index is 1.44. The first-order chi connectivity index (χ1) is 18.5. The summed E-state index contributed by atoms with van der Waals surface area (Å²) in [6, 6.07) is 8.73. The summed E-state index contributed by atoms with van der Waals surface area (Å²) >= 11 is 0. The summed E-state index contributed by atoms with van der Waals surface area (Å²) in [7, 11) is 1.92. The van der Waals surface area contributed by atoms with Gasteiger partial charge in [-0.2, -0.15) is 13.2 Å². The first-order valence-electron chi connectivity index (χ1n) is 13.3. The van der Waals surface area contributed by atoms with Crippen LogP contribution in [0.15, 0.2) is 53.8 Å². The zero-order valence-corrected chi connectivity index (χ0v) is 22.2. The maximum atomic E-state index is 14.0. The van der Waals surface area contributed by atoms with Gasteiger partial charge in [-0.15, -0.1) is 10.2 Å². The van der Waals surface area contributed by atoms with E-state index in [0.717, 1.165) is 54.0 Å². The second-order valence-electron chi connectivity index (χ2n) is 11.6. The van der Waals surface area contributed by atoms with E-state index in [2.05, 4.69) is 34.3 Å². The van der Waals surface area contributed by atoms with E-state index in [9.17, 15) is 18.0 Å². The minimum atomic E-state index is -4.65. The zero-order valence-electron chi connectivity index (χ0n) is 22.2. The van der Waals surface area contributed by atoms with Crippen LogP contribution in [0, 0.1) is 5.92 Å². The molecule has 0 aliphatic heterocycles. The van der Waals surface area contributed by atoms with Crippen molar-refractivity contribution in [3.8, 4) is 11.1 Å². The standard InChI is InChI=1S/C29H31F3N6O/c1-18-12-28(13-18,26-36-35-17-37(26)3)21-7-4-6-20(11-21)22-15-33-24-23(29(30,31)32)10-19(16-38(24)25(22)39)14-34-27(2)8-5-9-27/h4,6-7,10-11,15-18,34H,5,8-9,12-14H2,1-3H3/t18-,28+. The Labute approximate surface area is 224 Å².